The van der Waals surface area contributed by atoms with E-state index >= 15 is 0 Å². The quantitative estimate of drug-likeness (QED) is 0.616. The second-order valence-electron chi connectivity index (χ2n) is 6.43. The minimum atomic E-state index is -4.46. The predicted octanol–water partition coefficient (Wildman–Crippen LogP) is 4.39. The number of nitrogens with zero attached hydrogens (tertiary/aromatic N) is 2. The first-order chi connectivity index (χ1) is 14.8. The summed E-state index contributed by atoms with van der Waals surface area (Å²) in [5, 5.41) is 2.83. The minimum absolute atomic E-state index is 0.261. The zero-order valence-corrected chi connectivity index (χ0v) is 16.7. The molecular formula is C23H18F3N3O2. The van der Waals surface area contributed by atoms with E-state index in [1.54, 1.807) is 19.1 Å². The number of amides is 1. The summed E-state index contributed by atoms with van der Waals surface area (Å²) < 4.78 is 43.9. The Morgan fingerprint density at radius 1 is 1.10 bits per heavy atom. The zero-order chi connectivity index (χ0) is 22.4. The summed E-state index contributed by atoms with van der Waals surface area (Å²) in [5.41, 5.74) is 0.891. The van der Waals surface area contributed by atoms with Gasteiger partial charge in [0.05, 0.1) is 30.0 Å². The number of nitrogens with one attached hydrogen (secondary N) is 1. The van der Waals surface area contributed by atoms with Gasteiger partial charge in [-0.05, 0) is 42.8 Å². The molecule has 5 nitrogen and oxygen atoms in total. The molecule has 8 heteroatoms. The second-order valence-corrected chi connectivity index (χ2v) is 6.43. The summed E-state index contributed by atoms with van der Waals surface area (Å²) in [5.74, 6) is 5.58. The predicted molar refractivity (Wildman–Crippen MR) is 108 cm³/mol. The molecule has 31 heavy (non-hydrogen) atoms. The molecule has 3 aromatic rings. The maximum atomic E-state index is 13.0. The molecule has 0 aliphatic rings. The van der Waals surface area contributed by atoms with Crippen molar-refractivity contribution < 1.29 is 22.7 Å². The van der Waals surface area contributed by atoms with Gasteiger partial charge in [0.1, 0.15) is 0 Å². The molecule has 1 amide bonds. The molecule has 0 aliphatic carbocycles. The van der Waals surface area contributed by atoms with Crippen LogP contribution in [0, 0.1) is 11.8 Å². The highest BCUT2D eigenvalue weighted by molar-refractivity contribution is 5.94. The molecule has 0 unspecified atom stereocenters. The lowest BCUT2D eigenvalue weighted by Crippen LogP contribution is -2.30. The highest BCUT2D eigenvalue weighted by Crippen LogP contribution is 2.31. The van der Waals surface area contributed by atoms with Crippen molar-refractivity contribution in [1.29, 1.82) is 0 Å². The minimum Gasteiger partial charge on any atom is -0.481 e. The molecule has 3 rings (SSSR count). The van der Waals surface area contributed by atoms with Crippen LogP contribution in [-0.4, -0.2) is 23.0 Å². The van der Waals surface area contributed by atoms with E-state index in [1.807, 2.05) is 0 Å². The normalized spacial score (nSPS) is 11.8. The van der Waals surface area contributed by atoms with Crippen molar-refractivity contribution in [3.8, 4) is 17.7 Å². The molecule has 0 bridgehead atoms. The summed E-state index contributed by atoms with van der Waals surface area (Å²) in [6, 6.07) is 10.3. The van der Waals surface area contributed by atoms with Gasteiger partial charge < -0.3 is 10.1 Å². The van der Waals surface area contributed by atoms with E-state index in [0.717, 1.165) is 12.1 Å². The summed E-state index contributed by atoms with van der Waals surface area (Å²) in [6.45, 7) is 1.66. The molecule has 158 valence electrons. The van der Waals surface area contributed by atoms with Crippen molar-refractivity contribution in [3.05, 3.63) is 88.9 Å². The topological polar surface area (TPSA) is 64.1 Å². The van der Waals surface area contributed by atoms with E-state index < -0.39 is 23.7 Å². The Morgan fingerprint density at radius 3 is 2.42 bits per heavy atom. The van der Waals surface area contributed by atoms with Crippen molar-refractivity contribution in [2.45, 2.75) is 19.1 Å². The number of benzene rings is 1. The first kappa shape index (κ1) is 21.8. The lowest BCUT2D eigenvalue weighted by Gasteiger charge is -2.21. The number of halogens is 3. The van der Waals surface area contributed by atoms with E-state index in [4.69, 9.17) is 4.74 Å². The molecule has 0 saturated carbocycles. The van der Waals surface area contributed by atoms with Crippen LogP contribution in [0.4, 0.5) is 13.2 Å². The van der Waals surface area contributed by atoms with Gasteiger partial charge in [0.2, 0.25) is 5.88 Å². The number of ether oxygens (including phenoxy) is 1. The molecule has 0 fully saturated rings. The Morgan fingerprint density at radius 2 is 1.84 bits per heavy atom. The van der Waals surface area contributed by atoms with Gasteiger partial charge in [0, 0.05) is 24.0 Å². The number of carbonyl (C=O) groups is 1. The van der Waals surface area contributed by atoms with Crippen LogP contribution in [0.25, 0.3) is 0 Å². The van der Waals surface area contributed by atoms with Crippen LogP contribution in [0.3, 0.4) is 0 Å². The van der Waals surface area contributed by atoms with Crippen LogP contribution in [0.2, 0.25) is 0 Å². The zero-order valence-electron chi connectivity index (χ0n) is 16.7. The van der Waals surface area contributed by atoms with Crippen LogP contribution >= 0.6 is 0 Å². The summed E-state index contributed by atoms with van der Waals surface area (Å²) >= 11 is 0. The average Bonchev–Trinajstić information content (AvgIpc) is 2.78. The number of hydrogen-bond donors (Lipinski definition) is 1. The van der Waals surface area contributed by atoms with Crippen LogP contribution in [-0.2, 0) is 6.18 Å². The fourth-order valence-corrected chi connectivity index (χ4v) is 2.91. The Balaban J connectivity index is 2.02. The molecule has 0 aliphatic heterocycles. The molecule has 2 aromatic heterocycles. The molecule has 0 radical (unpaired) electrons. The SMILES string of the molecule is CC#Cc1cccnc1[C@@H](NC(=O)c1ccc(OC)nc1)c1ccc(C(F)(F)F)cc1. The molecule has 1 atom stereocenters. The van der Waals surface area contributed by atoms with Crippen LogP contribution in [0.5, 0.6) is 5.88 Å². The van der Waals surface area contributed by atoms with Crippen LogP contribution in [0.1, 0.15) is 45.7 Å². The number of methoxy groups -OCH3 is 1. The second kappa shape index (κ2) is 9.30. The van der Waals surface area contributed by atoms with Crippen molar-refractivity contribution in [2.24, 2.45) is 0 Å². The van der Waals surface area contributed by atoms with Crippen molar-refractivity contribution in [1.82, 2.24) is 15.3 Å². The Bertz CT molecular complexity index is 1120. The molecule has 1 aromatic carbocycles. The van der Waals surface area contributed by atoms with Crippen LogP contribution < -0.4 is 10.1 Å². The third-order valence-electron chi connectivity index (χ3n) is 4.43. The number of aromatic nitrogens is 2. The highest BCUT2D eigenvalue weighted by atomic mass is 19.4. The van der Waals surface area contributed by atoms with Gasteiger partial charge in [0.15, 0.2) is 0 Å². The van der Waals surface area contributed by atoms with Gasteiger partial charge in [-0.1, -0.05) is 18.1 Å². The van der Waals surface area contributed by atoms with E-state index in [0.29, 0.717) is 22.7 Å². The summed E-state index contributed by atoms with van der Waals surface area (Å²) in [4.78, 5) is 21.2. The Kier molecular flexibility index (Phi) is 6.55. The maximum absolute atomic E-state index is 13.0. The van der Waals surface area contributed by atoms with E-state index in [2.05, 4.69) is 27.1 Å². The average molecular weight is 425 g/mol. The fourth-order valence-electron chi connectivity index (χ4n) is 2.91. The number of hydrogen-bond acceptors (Lipinski definition) is 4. The van der Waals surface area contributed by atoms with Gasteiger partial charge in [0.25, 0.3) is 5.91 Å². The largest absolute Gasteiger partial charge is 0.481 e. The number of rotatable bonds is 5. The molecule has 2 heterocycles. The third-order valence-corrected chi connectivity index (χ3v) is 4.43. The first-order valence-electron chi connectivity index (χ1n) is 9.19. The summed E-state index contributed by atoms with van der Waals surface area (Å²) in [6.07, 6.45) is -1.58. The van der Waals surface area contributed by atoms with Gasteiger partial charge in [-0.15, -0.1) is 5.92 Å². The van der Waals surface area contributed by atoms with E-state index in [-0.39, 0.29) is 5.56 Å². The highest BCUT2D eigenvalue weighted by Gasteiger charge is 2.31. The maximum Gasteiger partial charge on any atom is 0.416 e. The number of alkyl halides is 3. The van der Waals surface area contributed by atoms with Crippen molar-refractivity contribution in [2.75, 3.05) is 7.11 Å². The monoisotopic (exact) mass is 425 g/mol. The van der Waals surface area contributed by atoms with Crippen molar-refractivity contribution in [3.63, 3.8) is 0 Å². The Hall–Kier alpha value is -3.86. The molecule has 0 saturated heterocycles. The van der Waals surface area contributed by atoms with E-state index in [1.165, 1.54) is 43.8 Å². The lowest BCUT2D eigenvalue weighted by atomic mass is 9.97. The van der Waals surface area contributed by atoms with Gasteiger partial charge in [-0.25, -0.2) is 4.98 Å². The molecule has 0 spiro atoms. The smallest absolute Gasteiger partial charge is 0.416 e. The lowest BCUT2D eigenvalue weighted by molar-refractivity contribution is -0.137. The Labute approximate surface area is 177 Å². The van der Waals surface area contributed by atoms with E-state index in [9.17, 15) is 18.0 Å². The number of carbonyl (C=O) groups excluding carboxylic acids is 1. The number of pyridine rings is 2. The van der Waals surface area contributed by atoms with Crippen LogP contribution in [0.15, 0.2) is 60.9 Å². The van der Waals surface area contributed by atoms with Crippen molar-refractivity contribution >= 4 is 5.91 Å². The molecule has 1 N–H and O–H groups in total. The van der Waals surface area contributed by atoms with Gasteiger partial charge >= 0.3 is 6.18 Å². The fraction of sp³-hybridized carbons (Fsp3) is 0.174. The third kappa shape index (κ3) is 5.20. The molecular weight excluding hydrogens is 407 g/mol. The standard InChI is InChI=1S/C23H18F3N3O2/c1-3-5-15-6-4-13-27-20(15)21(16-7-10-18(11-8-16)23(24,25)26)29-22(30)17-9-12-19(31-2)28-14-17/h4,6-14,21H,1-2H3,(H,29,30)/t21-/m0/s1. The van der Waals surface area contributed by atoms with Gasteiger partial charge in [-0.2, -0.15) is 13.2 Å². The summed E-state index contributed by atoms with van der Waals surface area (Å²) in [7, 11) is 1.46. The first-order valence-corrected chi connectivity index (χ1v) is 9.19. The van der Waals surface area contributed by atoms with Gasteiger partial charge in [-0.3, -0.25) is 9.78 Å².